The average Bonchev–Trinajstić information content (AvgIpc) is 2.52. The number of ether oxygens (including phenoxy) is 1. The second-order valence-corrected chi connectivity index (χ2v) is 6.22. The molecule has 2 aromatic rings. The van der Waals surface area contributed by atoms with Gasteiger partial charge < -0.3 is 9.84 Å². The van der Waals surface area contributed by atoms with E-state index in [1.54, 1.807) is 10.3 Å². The average molecular weight is 376 g/mol. The first-order chi connectivity index (χ1) is 11.6. The third kappa shape index (κ3) is 4.84. The van der Waals surface area contributed by atoms with Crippen molar-refractivity contribution in [2.24, 2.45) is 0 Å². The van der Waals surface area contributed by atoms with Crippen molar-refractivity contribution in [3.63, 3.8) is 0 Å². The van der Waals surface area contributed by atoms with E-state index >= 15 is 0 Å². The third-order valence-corrected chi connectivity index (χ3v) is 4.10. The van der Waals surface area contributed by atoms with E-state index in [-0.39, 0.29) is 5.56 Å². The normalized spacial score (nSPS) is 11.8. The number of halogens is 3. The largest absolute Gasteiger partial charge is 0.573 e. The maximum Gasteiger partial charge on any atom is 0.573 e. The number of sulfonamides is 1. The molecule has 0 radical (unpaired) electrons. The molecule has 134 valence electrons. The van der Waals surface area contributed by atoms with Gasteiger partial charge in [0.25, 0.3) is 15.9 Å². The number of hydrogen-bond donors (Lipinski definition) is 3. The van der Waals surface area contributed by atoms with E-state index in [9.17, 15) is 31.5 Å². The maximum atomic E-state index is 12.4. The smallest absolute Gasteiger partial charge is 0.507 e. The first-order valence-electron chi connectivity index (χ1n) is 6.55. The van der Waals surface area contributed by atoms with Crippen molar-refractivity contribution in [1.29, 1.82) is 0 Å². The first kappa shape index (κ1) is 18.5. The van der Waals surface area contributed by atoms with E-state index in [0.717, 1.165) is 18.2 Å². The molecule has 0 heterocycles. The Balaban J connectivity index is 2.20. The van der Waals surface area contributed by atoms with Crippen LogP contribution in [0.15, 0.2) is 53.4 Å². The highest BCUT2D eigenvalue weighted by molar-refractivity contribution is 7.89. The summed E-state index contributed by atoms with van der Waals surface area (Å²) in [6, 6.07) is 9.32. The number of carbonyl (C=O) groups excluding carboxylic acids is 1. The van der Waals surface area contributed by atoms with Gasteiger partial charge >= 0.3 is 6.36 Å². The van der Waals surface area contributed by atoms with Crippen molar-refractivity contribution >= 4 is 15.9 Å². The molecule has 0 bridgehead atoms. The second kappa shape index (κ2) is 6.99. The zero-order chi connectivity index (χ0) is 18.7. The molecule has 0 atom stereocenters. The van der Waals surface area contributed by atoms with Gasteiger partial charge in [0, 0.05) is 0 Å². The summed E-state index contributed by atoms with van der Waals surface area (Å²) in [5.41, 5.74) is 1.56. The van der Waals surface area contributed by atoms with Crippen molar-refractivity contribution in [2.45, 2.75) is 11.3 Å². The Bertz CT molecular complexity index is 884. The minimum atomic E-state index is -5.09. The van der Waals surface area contributed by atoms with Gasteiger partial charge in [0.2, 0.25) is 0 Å². The number of amides is 1. The Morgan fingerprint density at radius 3 is 2.28 bits per heavy atom. The quantitative estimate of drug-likeness (QED) is 0.692. The van der Waals surface area contributed by atoms with Crippen LogP contribution in [0.5, 0.6) is 11.5 Å². The van der Waals surface area contributed by atoms with Gasteiger partial charge in [-0.05, 0) is 24.3 Å². The van der Waals surface area contributed by atoms with Gasteiger partial charge in [-0.15, -0.1) is 18.0 Å². The minimum Gasteiger partial charge on any atom is -0.507 e. The van der Waals surface area contributed by atoms with Crippen LogP contribution in [0.3, 0.4) is 0 Å². The molecular formula is C14H11F3N2O5S. The van der Waals surface area contributed by atoms with Gasteiger partial charge in [0.15, 0.2) is 0 Å². The molecule has 7 nitrogen and oxygen atoms in total. The molecule has 0 saturated heterocycles. The lowest BCUT2D eigenvalue weighted by atomic mass is 10.2. The Morgan fingerprint density at radius 2 is 1.64 bits per heavy atom. The predicted molar refractivity (Wildman–Crippen MR) is 79.0 cm³/mol. The lowest BCUT2D eigenvalue weighted by Crippen LogP contribution is -2.41. The molecule has 0 aliphatic rings. The minimum absolute atomic E-state index is 0.231. The number of phenolic OH excluding ortho intramolecular Hbond substituents is 1. The van der Waals surface area contributed by atoms with E-state index in [1.165, 1.54) is 30.3 Å². The van der Waals surface area contributed by atoms with Crippen molar-refractivity contribution in [3.05, 3.63) is 54.1 Å². The molecule has 3 N–H and O–H groups in total. The molecule has 0 fully saturated rings. The van der Waals surface area contributed by atoms with Gasteiger partial charge in [-0.25, -0.2) is 8.42 Å². The van der Waals surface area contributed by atoms with Crippen LogP contribution in [0.2, 0.25) is 0 Å². The molecular weight excluding hydrogens is 365 g/mol. The number of alkyl halides is 3. The van der Waals surface area contributed by atoms with Crippen molar-refractivity contribution in [3.8, 4) is 11.5 Å². The van der Waals surface area contributed by atoms with Crippen LogP contribution < -0.4 is 15.0 Å². The molecule has 2 rings (SSSR count). The van der Waals surface area contributed by atoms with Crippen LogP contribution in [0, 0.1) is 0 Å². The van der Waals surface area contributed by atoms with E-state index < -0.39 is 38.7 Å². The number of hydrazine groups is 1. The van der Waals surface area contributed by atoms with Crippen LogP contribution in [0.25, 0.3) is 0 Å². The SMILES string of the molecule is O=C(NNS(=O)(=O)c1ccccc1OC(F)(F)F)c1ccccc1O. The molecule has 0 saturated carbocycles. The van der Waals surface area contributed by atoms with Crippen molar-refractivity contribution < 1.29 is 36.2 Å². The number of aromatic hydroxyl groups is 1. The third-order valence-electron chi connectivity index (χ3n) is 2.81. The molecule has 11 heteroatoms. The van der Waals surface area contributed by atoms with Crippen molar-refractivity contribution in [2.75, 3.05) is 0 Å². The van der Waals surface area contributed by atoms with Gasteiger partial charge in [-0.3, -0.25) is 10.2 Å². The Hall–Kier alpha value is -2.79. The molecule has 0 aliphatic heterocycles. The summed E-state index contributed by atoms with van der Waals surface area (Å²) in [5, 5.41) is 9.52. The number of hydrogen-bond acceptors (Lipinski definition) is 5. The zero-order valence-electron chi connectivity index (χ0n) is 12.2. The lowest BCUT2D eigenvalue weighted by Gasteiger charge is -2.14. The topological polar surface area (TPSA) is 105 Å². The standard InChI is InChI=1S/C14H11F3N2O5S/c15-14(16,17)24-11-7-3-4-8-12(11)25(22,23)19-18-13(21)9-5-1-2-6-10(9)20/h1-8,19-20H,(H,18,21). The Labute approximate surface area is 140 Å². The van der Waals surface area contributed by atoms with Crippen molar-refractivity contribution in [1.82, 2.24) is 10.3 Å². The number of para-hydroxylation sites is 2. The highest BCUT2D eigenvalue weighted by atomic mass is 32.2. The molecule has 0 aromatic heterocycles. The fourth-order valence-corrected chi connectivity index (χ4v) is 2.75. The van der Waals surface area contributed by atoms with Crippen LogP contribution in [0.1, 0.15) is 10.4 Å². The fourth-order valence-electron chi connectivity index (χ4n) is 1.78. The summed E-state index contributed by atoms with van der Waals surface area (Å²) in [4.78, 5) is 12.7. The summed E-state index contributed by atoms with van der Waals surface area (Å²) in [6.45, 7) is 0. The van der Waals surface area contributed by atoms with Crippen LogP contribution in [0.4, 0.5) is 13.2 Å². The highest BCUT2D eigenvalue weighted by Gasteiger charge is 2.34. The van der Waals surface area contributed by atoms with E-state index in [2.05, 4.69) is 4.74 Å². The fraction of sp³-hybridized carbons (Fsp3) is 0.0714. The van der Waals surface area contributed by atoms with Gasteiger partial charge in [0.05, 0.1) is 5.56 Å². The zero-order valence-corrected chi connectivity index (χ0v) is 13.1. The highest BCUT2D eigenvalue weighted by Crippen LogP contribution is 2.29. The molecule has 25 heavy (non-hydrogen) atoms. The summed E-state index contributed by atoms with van der Waals surface area (Å²) in [5.74, 6) is -2.37. The number of phenols is 1. The van der Waals surface area contributed by atoms with E-state index in [1.807, 2.05) is 0 Å². The van der Waals surface area contributed by atoms with Crippen LogP contribution >= 0.6 is 0 Å². The number of carbonyl (C=O) groups is 1. The summed E-state index contributed by atoms with van der Waals surface area (Å²) in [7, 11) is -4.57. The van der Waals surface area contributed by atoms with E-state index in [4.69, 9.17) is 0 Å². The van der Waals surface area contributed by atoms with Gasteiger partial charge in [-0.1, -0.05) is 24.3 Å². The molecule has 0 spiro atoms. The van der Waals surface area contributed by atoms with E-state index in [0.29, 0.717) is 0 Å². The Morgan fingerprint density at radius 1 is 1.04 bits per heavy atom. The van der Waals surface area contributed by atoms with Crippen LogP contribution in [-0.2, 0) is 10.0 Å². The monoisotopic (exact) mass is 376 g/mol. The summed E-state index contributed by atoms with van der Waals surface area (Å²) in [6.07, 6.45) is -5.09. The van der Waals surface area contributed by atoms with Gasteiger partial charge in [0.1, 0.15) is 16.4 Å². The lowest BCUT2D eigenvalue weighted by molar-refractivity contribution is -0.275. The molecule has 0 unspecified atom stereocenters. The number of nitrogens with one attached hydrogen (secondary N) is 2. The first-order valence-corrected chi connectivity index (χ1v) is 8.03. The summed E-state index contributed by atoms with van der Waals surface area (Å²) >= 11 is 0. The number of benzene rings is 2. The molecule has 1 amide bonds. The second-order valence-electron chi connectivity index (χ2n) is 4.57. The Kier molecular flexibility index (Phi) is 5.18. The molecule has 0 aliphatic carbocycles. The summed E-state index contributed by atoms with van der Waals surface area (Å²) < 4.78 is 65.0. The van der Waals surface area contributed by atoms with Gasteiger partial charge in [-0.2, -0.15) is 0 Å². The number of rotatable bonds is 5. The molecule has 2 aromatic carbocycles. The predicted octanol–water partition coefficient (Wildman–Crippen LogP) is 1.91. The van der Waals surface area contributed by atoms with Crippen LogP contribution in [-0.4, -0.2) is 25.8 Å². The maximum absolute atomic E-state index is 12.4.